The van der Waals surface area contributed by atoms with Crippen LogP contribution in [0.3, 0.4) is 0 Å². The molecule has 0 atom stereocenters. The summed E-state index contributed by atoms with van der Waals surface area (Å²) in [5.41, 5.74) is 1.29. The average molecular weight is 487 g/mol. The van der Waals surface area contributed by atoms with Crippen LogP contribution in [0.2, 0.25) is 0 Å². The molecule has 0 bridgehead atoms. The van der Waals surface area contributed by atoms with Crippen molar-refractivity contribution in [3.63, 3.8) is 0 Å². The number of amides is 1. The van der Waals surface area contributed by atoms with Crippen molar-refractivity contribution in [3.05, 3.63) is 45.9 Å². The van der Waals surface area contributed by atoms with Crippen molar-refractivity contribution in [2.24, 2.45) is 0 Å². The van der Waals surface area contributed by atoms with Gasteiger partial charge in [-0.15, -0.1) is 0 Å². The minimum absolute atomic E-state index is 0.0398. The number of carbonyl (C=O) groups excluding carboxylic acids is 2. The molecule has 11 nitrogen and oxygen atoms in total. The molecule has 1 aromatic carbocycles. The Morgan fingerprint density at radius 2 is 2.03 bits per heavy atom. The molecular weight excluding hydrogens is 460 g/mol. The molecular formula is C22H26N6O5S. The fourth-order valence-corrected chi connectivity index (χ4v) is 4.44. The Kier molecular flexibility index (Phi) is 7.60. The van der Waals surface area contributed by atoms with Crippen LogP contribution in [0.4, 0.5) is 5.82 Å². The van der Waals surface area contributed by atoms with E-state index in [1.165, 1.54) is 13.2 Å². The van der Waals surface area contributed by atoms with Crippen LogP contribution in [0.1, 0.15) is 16.1 Å². The Labute approximate surface area is 199 Å². The van der Waals surface area contributed by atoms with Gasteiger partial charge in [0.2, 0.25) is 5.91 Å². The number of H-pyrrole nitrogens is 1. The van der Waals surface area contributed by atoms with E-state index in [2.05, 4.69) is 25.4 Å². The first-order valence-electron chi connectivity index (χ1n) is 10.8. The third kappa shape index (κ3) is 5.64. The molecule has 0 unspecified atom stereocenters. The number of anilines is 1. The number of aryl methyl sites for hydroxylation is 1. The third-order valence-corrected chi connectivity index (χ3v) is 6.37. The van der Waals surface area contributed by atoms with Crippen molar-refractivity contribution >= 4 is 40.4 Å². The molecule has 3 heterocycles. The van der Waals surface area contributed by atoms with E-state index in [4.69, 9.17) is 9.47 Å². The maximum Gasteiger partial charge on any atom is 0.337 e. The number of methoxy groups -OCH3 is 1. The van der Waals surface area contributed by atoms with Crippen LogP contribution in [-0.4, -0.2) is 82.2 Å². The van der Waals surface area contributed by atoms with E-state index >= 15 is 0 Å². The lowest BCUT2D eigenvalue weighted by Gasteiger charge is -2.27. The Morgan fingerprint density at radius 1 is 1.24 bits per heavy atom. The van der Waals surface area contributed by atoms with Crippen molar-refractivity contribution < 1.29 is 19.1 Å². The molecule has 3 aromatic rings. The van der Waals surface area contributed by atoms with E-state index in [-0.39, 0.29) is 17.2 Å². The average Bonchev–Trinajstić information content (AvgIpc) is 3.26. The molecule has 1 fully saturated rings. The van der Waals surface area contributed by atoms with Crippen molar-refractivity contribution in [3.8, 4) is 0 Å². The maximum absolute atomic E-state index is 13.3. The summed E-state index contributed by atoms with van der Waals surface area (Å²) in [6.07, 6.45) is 0. The number of thioether (sulfide) groups is 1. The summed E-state index contributed by atoms with van der Waals surface area (Å²) < 4.78 is 11.8. The second kappa shape index (κ2) is 10.8. The van der Waals surface area contributed by atoms with Crippen LogP contribution in [0.15, 0.2) is 34.2 Å². The number of carbonyl (C=O) groups is 2. The molecule has 180 valence electrons. The topological polar surface area (TPSA) is 131 Å². The number of nitrogens with one attached hydrogen (secondary N) is 2. The van der Waals surface area contributed by atoms with Crippen LogP contribution in [0.25, 0.3) is 10.9 Å². The Bertz CT molecular complexity index is 1250. The van der Waals surface area contributed by atoms with Crippen molar-refractivity contribution in [1.82, 2.24) is 24.6 Å². The van der Waals surface area contributed by atoms with E-state index in [0.717, 1.165) is 30.5 Å². The van der Waals surface area contributed by atoms with E-state index in [9.17, 15) is 14.4 Å². The minimum atomic E-state index is -0.511. The molecule has 0 spiro atoms. The van der Waals surface area contributed by atoms with Crippen LogP contribution < -0.4 is 10.9 Å². The lowest BCUT2D eigenvalue weighted by atomic mass is 10.1. The predicted octanol–water partition coefficient (Wildman–Crippen LogP) is 1.28. The Morgan fingerprint density at radius 3 is 2.74 bits per heavy atom. The molecule has 0 aliphatic carbocycles. The van der Waals surface area contributed by atoms with Gasteiger partial charge in [-0.3, -0.25) is 24.2 Å². The summed E-state index contributed by atoms with van der Waals surface area (Å²) in [4.78, 5) is 44.6. The summed E-state index contributed by atoms with van der Waals surface area (Å²) >= 11 is 1.16. The molecule has 0 radical (unpaired) electrons. The van der Waals surface area contributed by atoms with Crippen molar-refractivity contribution in [2.45, 2.75) is 18.6 Å². The van der Waals surface area contributed by atoms with Crippen LogP contribution >= 0.6 is 11.8 Å². The first-order valence-corrected chi connectivity index (χ1v) is 11.8. The number of fused-ring (bicyclic) bond motifs is 1. The van der Waals surface area contributed by atoms with Crippen LogP contribution in [0.5, 0.6) is 0 Å². The summed E-state index contributed by atoms with van der Waals surface area (Å²) in [7, 11) is 1.30. The lowest BCUT2D eigenvalue weighted by Crippen LogP contribution is -2.39. The standard InChI is InChI=1S/C22H26N6O5S/c1-14-11-18(26-25-14)24-19(29)13-34-22-23-17-12-15(21(31)32-2)3-4-16(17)20(30)28(22)6-5-27-7-9-33-10-8-27/h3-4,11-12H,5-10,13H2,1-2H3,(H2,24,25,26,29). The summed E-state index contributed by atoms with van der Waals surface area (Å²) in [5.74, 6) is -0.308. The first-order chi connectivity index (χ1) is 16.4. The van der Waals surface area contributed by atoms with Crippen LogP contribution in [0, 0.1) is 6.92 Å². The number of rotatable bonds is 8. The van der Waals surface area contributed by atoms with Gasteiger partial charge in [-0.1, -0.05) is 11.8 Å². The fraction of sp³-hybridized carbons (Fsp3) is 0.409. The summed E-state index contributed by atoms with van der Waals surface area (Å²) in [5, 5.41) is 10.3. The van der Waals surface area contributed by atoms with Gasteiger partial charge in [0.15, 0.2) is 11.0 Å². The Hall–Kier alpha value is -3.22. The first kappa shape index (κ1) is 23.9. The zero-order chi connectivity index (χ0) is 24.1. The van der Waals surface area contributed by atoms with Gasteiger partial charge in [-0.25, -0.2) is 9.78 Å². The zero-order valence-corrected chi connectivity index (χ0v) is 19.8. The van der Waals surface area contributed by atoms with Gasteiger partial charge in [0.05, 0.1) is 42.5 Å². The minimum Gasteiger partial charge on any atom is -0.465 e. The lowest BCUT2D eigenvalue weighted by molar-refractivity contribution is -0.113. The van der Waals surface area contributed by atoms with E-state index in [1.807, 2.05) is 6.92 Å². The van der Waals surface area contributed by atoms with Gasteiger partial charge in [-0.05, 0) is 25.1 Å². The molecule has 4 rings (SSSR count). The number of morpholine rings is 1. The maximum atomic E-state index is 13.3. The SMILES string of the molecule is COC(=O)c1ccc2c(=O)n(CCN3CCOCC3)c(SCC(=O)Nc3cc(C)[nH]n3)nc2c1. The molecule has 1 aliphatic heterocycles. The highest BCUT2D eigenvalue weighted by atomic mass is 32.2. The zero-order valence-electron chi connectivity index (χ0n) is 19.0. The molecule has 2 N–H and O–H groups in total. The van der Waals surface area contributed by atoms with Crippen molar-refractivity contribution in [2.75, 3.05) is 51.0 Å². The highest BCUT2D eigenvalue weighted by Gasteiger charge is 2.17. The molecule has 34 heavy (non-hydrogen) atoms. The normalized spacial score (nSPS) is 14.3. The predicted molar refractivity (Wildman–Crippen MR) is 127 cm³/mol. The highest BCUT2D eigenvalue weighted by molar-refractivity contribution is 7.99. The number of nitrogens with zero attached hydrogens (tertiary/aromatic N) is 4. The molecule has 12 heteroatoms. The van der Waals surface area contributed by atoms with Crippen molar-refractivity contribution in [1.29, 1.82) is 0 Å². The molecule has 1 aliphatic rings. The second-order valence-electron chi connectivity index (χ2n) is 7.80. The number of aromatic nitrogens is 4. The van der Waals surface area contributed by atoms with Crippen LogP contribution in [-0.2, 0) is 20.8 Å². The summed E-state index contributed by atoms with van der Waals surface area (Å²) in [6.45, 7) is 5.84. The number of aromatic amines is 1. The van der Waals surface area contributed by atoms with Gasteiger partial charge >= 0.3 is 5.97 Å². The smallest absolute Gasteiger partial charge is 0.337 e. The molecule has 1 amide bonds. The van der Waals surface area contributed by atoms with E-state index in [0.29, 0.717) is 53.7 Å². The van der Waals surface area contributed by atoms with Gasteiger partial charge < -0.3 is 14.8 Å². The third-order valence-electron chi connectivity index (χ3n) is 5.39. The molecule has 2 aromatic heterocycles. The highest BCUT2D eigenvalue weighted by Crippen LogP contribution is 2.20. The largest absolute Gasteiger partial charge is 0.465 e. The monoisotopic (exact) mass is 486 g/mol. The van der Waals surface area contributed by atoms with Gasteiger partial charge in [0.1, 0.15) is 0 Å². The number of hydrogen-bond acceptors (Lipinski definition) is 9. The number of esters is 1. The number of benzene rings is 1. The quantitative estimate of drug-likeness (QED) is 0.274. The number of hydrogen-bond donors (Lipinski definition) is 2. The van der Waals surface area contributed by atoms with E-state index in [1.54, 1.807) is 22.8 Å². The molecule has 0 saturated carbocycles. The molecule has 1 saturated heterocycles. The van der Waals surface area contributed by atoms with Gasteiger partial charge in [0.25, 0.3) is 5.56 Å². The summed E-state index contributed by atoms with van der Waals surface area (Å²) in [6, 6.07) is 6.40. The Balaban J connectivity index is 1.60. The van der Waals surface area contributed by atoms with Gasteiger partial charge in [0, 0.05) is 37.9 Å². The second-order valence-corrected chi connectivity index (χ2v) is 8.74. The fourth-order valence-electron chi connectivity index (χ4n) is 3.61. The van der Waals surface area contributed by atoms with E-state index < -0.39 is 5.97 Å². The van der Waals surface area contributed by atoms with Gasteiger partial charge in [-0.2, -0.15) is 5.10 Å². The number of ether oxygens (including phenoxy) is 2.